The van der Waals surface area contributed by atoms with Gasteiger partial charge in [0, 0.05) is 0 Å². The summed E-state index contributed by atoms with van der Waals surface area (Å²) in [5.74, 6) is 1.47. The van der Waals surface area contributed by atoms with E-state index in [-0.39, 0.29) is 0 Å². The van der Waals surface area contributed by atoms with E-state index in [0.717, 1.165) is 19.5 Å². The zero-order chi connectivity index (χ0) is 17.7. The maximum atomic E-state index is 2.50. The third-order valence-electron chi connectivity index (χ3n) is 5.05. The Morgan fingerprint density at radius 1 is 0.800 bits per heavy atom. The average molecular weight is 342 g/mol. The number of benzene rings is 1. The number of aryl methyl sites for hydroxylation is 2. The first kappa shape index (κ1) is 19.8. The van der Waals surface area contributed by atoms with Crippen LogP contribution in [0.1, 0.15) is 83.0 Å². The third kappa shape index (κ3) is 7.05. The molecular weight excluding hydrogens is 304 g/mol. The van der Waals surface area contributed by atoms with Crippen LogP contribution in [0.3, 0.4) is 0 Å². The Labute approximate surface area is 154 Å². The normalized spacial score (nSPS) is 11.1. The van der Waals surface area contributed by atoms with Gasteiger partial charge in [-0.1, -0.05) is 76.3 Å². The zero-order valence-corrected chi connectivity index (χ0v) is 16.4. The fraction of sp³-hybridized carbons (Fsp3) is 0.609. The van der Waals surface area contributed by atoms with Crippen LogP contribution in [0.5, 0.6) is 0 Å². The van der Waals surface area contributed by atoms with Crippen LogP contribution in [-0.4, -0.2) is 4.57 Å². The van der Waals surface area contributed by atoms with Gasteiger partial charge in [-0.2, -0.15) is 0 Å². The van der Waals surface area contributed by atoms with Crippen LogP contribution in [0.25, 0.3) is 0 Å². The third-order valence-corrected chi connectivity index (χ3v) is 5.05. The highest BCUT2D eigenvalue weighted by molar-refractivity contribution is 5.18. The summed E-state index contributed by atoms with van der Waals surface area (Å²) in [4.78, 5) is 0. The van der Waals surface area contributed by atoms with Crippen LogP contribution in [0, 0.1) is 0 Å². The molecule has 0 saturated heterocycles. The molecule has 2 heteroatoms. The van der Waals surface area contributed by atoms with Gasteiger partial charge in [0.25, 0.3) is 5.82 Å². The van der Waals surface area contributed by atoms with E-state index in [1.807, 2.05) is 0 Å². The minimum atomic E-state index is 1.04. The summed E-state index contributed by atoms with van der Waals surface area (Å²) in [6.45, 7) is 6.88. The molecule has 0 N–H and O–H groups in total. The Morgan fingerprint density at radius 3 is 2.24 bits per heavy atom. The van der Waals surface area contributed by atoms with Crippen molar-refractivity contribution >= 4 is 0 Å². The van der Waals surface area contributed by atoms with Gasteiger partial charge in [0.15, 0.2) is 0 Å². The molecule has 0 aliphatic rings. The van der Waals surface area contributed by atoms with Crippen molar-refractivity contribution in [1.82, 2.24) is 4.57 Å². The van der Waals surface area contributed by atoms with Crippen LogP contribution in [0.15, 0.2) is 42.7 Å². The van der Waals surface area contributed by atoms with Gasteiger partial charge in [0.05, 0.1) is 19.5 Å². The first-order chi connectivity index (χ1) is 12.3. The number of aromatic nitrogens is 2. The number of nitrogens with zero attached hydrogens (tertiary/aromatic N) is 2. The minimum Gasteiger partial charge on any atom is -0.234 e. The summed E-state index contributed by atoms with van der Waals surface area (Å²) >= 11 is 0. The molecule has 1 aromatic carbocycles. The molecule has 0 radical (unpaired) electrons. The maximum absolute atomic E-state index is 2.50. The van der Waals surface area contributed by atoms with Gasteiger partial charge in [-0.15, -0.1) is 0 Å². The van der Waals surface area contributed by atoms with Gasteiger partial charge in [0.1, 0.15) is 12.4 Å². The van der Waals surface area contributed by atoms with Crippen molar-refractivity contribution < 1.29 is 4.57 Å². The van der Waals surface area contributed by atoms with Crippen LogP contribution < -0.4 is 4.57 Å². The average Bonchev–Trinajstić information content (AvgIpc) is 3.01. The number of imidazole rings is 1. The van der Waals surface area contributed by atoms with Gasteiger partial charge in [0.2, 0.25) is 0 Å². The Balaban J connectivity index is 1.96. The van der Waals surface area contributed by atoms with E-state index in [1.165, 1.54) is 69.2 Å². The molecule has 0 aliphatic heterocycles. The highest BCUT2D eigenvalue weighted by Gasteiger charge is 2.17. The molecule has 0 spiro atoms. The molecule has 1 heterocycles. The standard InChI is InChI=1S/C23H37N2/c1-3-5-7-8-9-14-18-25-20-19-24(17-13-6-4-2)23(25)21-22-15-11-10-12-16-22/h10-12,15-16,19-20H,3-9,13-14,17-18,21H2,1-2H3/q+1. The first-order valence-corrected chi connectivity index (χ1v) is 10.5. The van der Waals surface area contributed by atoms with E-state index in [1.54, 1.807) is 0 Å². The molecule has 138 valence electrons. The SMILES string of the molecule is CCCCCCCCn1cc[n+](CCCCC)c1Cc1ccccc1. The lowest BCUT2D eigenvalue weighted by Gasteiger charge is -2.06. The molecule has 0 bridgehead atoms. The molecule has 0 saturated carbocycles. The Kier molecular flexibility index (Phi) is 9.40. The van der Waals surface area contributed by atoms with Crippen molar-refractivity contribution in [1.29, 1.82) is 0 Å². The first-order valence-electron chi connectivity index (χ1n) is 10.5. The van der Waals surface area contributed by atoms with E-state index in [0.29, 0.717) is 0 Å². The number of rotatable bonds is 13. The van der Waals surface area contributed by atoms with Crippen LogP contribution in [0.2, 0.25) is 0 Å². The molecule has 1 aromatic heterocycles. The topological polar surface area (TPSA) is 8.81 Å². The highest BCUT2D eigenvalue weighted by atomic mass is 15.1. The molecule has 0 unspecified atom stereocenters. The van der Waals surface area contributed by atoms with Crippen molar-refractivity contribution in [3.8, 4) is 0 Å². The Morgan fingerprint density at radius 2 is 1.48 bits per heavy atom. The molecule has 0 aliphatic carbocycles. The molecule has 0 atom stereocenters. The fourth-order valence-corrected chi connectivity index (χ4v) is 3.48. The van der Waals surface area contributed by atoms with Crippen molar-refractivity contribution in [2.75, 3.05) is 0 Å². The smallest absolute Gasteiger partial charge is 0.234 e. The maximum Gasteiger partial charge on any atom is 0.260 e. The molecule has 2 nitrogen and oxygen atoms in total. The lowest BCUT2D eigenvalue weighted by molar-refractivity contribution is -0.703. The van der Waals surface area contributed by atoms with E-state index in [2.05, 4.69) is 65.7 Å². The second-order valence-corrected chi connectivity index (χ2v) is 7.24. The van der Waals surface area contributed by atoms with Crippen LogP contribution >= 0.6 is 0 Å². The van der Waals surface area contributed by atoms with Crippen molar-refractivity contribution in [2.45, 2.75) is 91.1 Å². The zero-order valence-electron chi connectivity index (χ0n) is 16.4. The number of hydrogen-bond acceptors (Lipinski definition) is 0. The molecule has 2 rings (SSSR count). The van der Waals surface area contributed by atoms with Crippen molar-refractivity contribution in [2.24, 2.45) is 0 Å². The van der Waals surface area contributed by atoms with Crippen LogP contribution in [0.4, 0.5) is 0 Å². The molecule has 25 heavy (non-hydrogen) atoms. The van der Waals surface area contributed by atoms with E-state index >= 15 is 0 Å². The van der Waals surface area contributed by atoms with E-state index in [4.69, 9.17) is 0 Å². The highest BCUT2D eigenvalue weighted by Crippen LogP contribution is 2.11. The largest absolute Gasteiger partial charge is 0.260 e. The lowest BCUT2D eigenvalue weighted by Crippen LogP contribution is -2.37. The van der Waals surface area contributed by atoms with Gasteiger partial charge in [-0.05, 0) is 31.2 Å². The number of unbranched alkanes of at least 4 members (excludes halogenated alkanes) is 7. The fourth-order valence-electron chi connectivity index (χ4n) is 3.48. The van der Waals surface area contributed by atoms with Gasteiger partial charge in [-0.3, -0.25) is 0 Å². The van der Waals surface area contributed by atoms with Gasteiger partial charge in [-0.25, -0.2) is 9.13 Å². The van der Waals surface area contributed by atoms with Gasteiger partial charge >= 0.3 is 0 Å². The summed E-state index contributed by atoms with van der Waals surface area (Å²) in [6.07, 6.45) is 17.7. The molecular formula is C23H37N2+. The van der Waals surface area contributed by atoms with E-state index < -0.39 is 0 Å². The predicted molar refractivity (Wildman–Crippen MR) is 107 cm³/mol. The number of hydrogen-bond donors (Lipinski definition) is 0. The summed E-state index contributed by atoms with van der Waals surface area (Å²) in [5.41, 5.74) is 1.41. The van der Waals surface area contributed by atoms with Crippen LogP contribution in [-0.2, 0) is 19.5 Å². The predicted octanol–water partition coefficient (Wildman–Crippen LogP) is 5.92. The molecule has 2 aromatic rings. The Bertz CT molecular complexity index is 571. The lowest BCUT2D eigenvalue weighted by atomic mass is 10.1. The molecule has 0 fully saturated rings. The van der Waals surface area contributed by atoms with Crippen molar-refractivity contribution in [3.63, 3.8) is 0 Å². The second-order valence-electron chi connectivity index (χ2n) is 7.24. The Hall–Kier alpha value is -1.57. The summed E-state index contributed by atoms with van der Waals surface area (Å²) in [5, 5.41) is 0. The second kappa shape index (κ2) is 11.9. The van der Waals surface area contributed by atoms with E-state index in [9.17, 15) is 0 Å². The quantitative estimate of drug-likeness (QED) is 0.316. The van der Waals surface area contributed by atoms with Gasteiger partial charge < -0.3 is 0 Å². The molecule has 0 amide bonds. The monoisotopic (exact) mass is 341 g/mol. The van der Waals surface area contributed by atoms with Crippen molar-refractivity contribution in [3.05, 3.63) is 54.1 Å². The minimum absolute atomic E-state index is 1.04. The summed E-state index contributed by atoms with van der Waals surface area (Å²) in [6, 6.07) is 10.9. The summed E-state index contributed by atoms with van der Waals surface area (Å²) < 4.78 is 4.98. The summed E-state index contributed by atoms with van der Waals surface area (Å²) in [7, 11) is 0.